The van der Waals surface area contributed by atoms with E-state index in [0.717, 1.165) is 23.5 Å². The molecule has 0 fully saturated rings. The van der Waals surface area contributed by atoms with Crippen molar-refractivity contribution in [1.29, 1.82) is 0 Å². The Morgan fingerprint density at radius 2 is 1.26 bits per heavy atom. The third-order valence-electron chi connectivity index (χ3n) is 5.53. The Labute approximate surface area is 238 Å². The van der Waals surface area contributed by atoms with Crippen molar-refractivity contribution < 1.29 is 14.6 Å². The molecule has 0 saturated carbocycles. The van der Waals surface area contributed by atoms with Gasteiger partial charge in [0.15, 0.2) is 0 Å². The molecule has 0 radical (unpaired) electrons. The first kappa shape index (κ1) is 27.1. The second-order valence-electron chi connectivity index (χ2n) is 8.50. The lowest BCUT2D eigenvalue weighted by atomic mass is 10.2. The number of hydrogen-bond donors (Lipinski definition) is 3. The molecule has 14 heteroatoms. The molecule has 0 unspecified atom stereocenters. The molecule has 14 nitrogen and oxygen atoms in total. The molecule has 0 aliphatic rings. The number of hydrogen-bond acceptors (Lipinski definition) is 12. The van der Waals surface area contributed by atoms with E-state index in [1.807, 2.05) is 60.7 Å². The smallest absolute Gasteiger partial charge is 0.318 e. The normalized spacial score (nSPS) is 10.7. The van der Waals surface area contributed by atoms with Crippen molar-refractivity contribution in [2.75, 3.05) is 16.1 Å². The molecular formula is C28H21N9O5. The number of nitrogens with one attached hydrogen (secondary N) is 3. The maximum atomic E-state index is 11.4. The first-order valence-corrected chi connectivity index (χ1v) is 12.3. The molecule has 0 aliphatic heterocycles. The maximum absolute atomic E-state index is 11.4. The average Bonchev–Trinajstić information content (AvgIpc) is 2.99. The zero-order chi connectivity index (χ0) is 29.3. The summed E-state index contributed by atoms with van der Waals surface area (Å²) in [5.41, 5.74) is 4.15. The number of non-ortho nitro benzene ring substituents is 1. The molecule has 5 rings (SSSR count). The minimum Gasteiger partial charge on any atom is -0.450 e. The Hall–Kier alpha value is -6.44. The maximum Gasteiger partial charge on any atom is 0.318 e. The molecule has 208 valence electrons. The lowest BCUT2D eigenvalue weighted by Gasteiger charge is -2.10. The highest BCUT2D eigenvalue weighted by Gasteiger charge is 2.21. The van der Waals surface area contributed by atoms with Gasteiger partial charge in [0.1, 0.15) is 5.75 Å². The van der Waals surface area contributed by atoms with Crippen molar-refractivity contribution in [1.82, 2.24) is 15.0 Å². The summed E-state index contributed by atoms with van der Waals surface area (Å²) >= 11 is 0. The number of hydrazone groups is 1. The topological polar surface area (TPSA) is 183 Å². The van der Waals surface area contributed by atoms with Crippen LogP contribution in [0.2, 0.25) is 0 Å². The molecule has 0 saturated heterocycles. The molecule has 0 bridgehead atoms. The van der Waals surface area contributed by atoms with Crippen LogP contribution in [0.4, 0.5) is 40.6 Å². The van der Waals surface area contributed by atoms with Crippen molar-refractivity contribution in [3.05, 3.63) is 129 Å². The number of rotatable bonds is 11. The molecule has 42 heavy (non-hydrogen) atoms. The van der Waals surface area contributed by atoms with Gasteiger partial charge < -0.3 is 15.4 Å². The monoisotopic (exact) mass is 563 g/mol. The minimum absolute atomic E-state index is 0.122. The van der Waals surface area contributed by atoms with E-state index in [9.17, 15) is 20.2 Å². The molecular weight excluding hydrogens is 542 g/mol. The molecule has 5 aromatic rings. The van der Waals surface area contributed by atoms with Gasteiger partial charge in [0.05, 0.1) is 22.1 Å². The van der Waals surface area contributed by atoms with Crippen LogP contribution >= 0.6 is 0 Å². The number of nitro groups is 2. The van der Waals surface area contributed by atoms with Gasteiger partial charge >= 0.3 is 5.69 Å². The highest BCUT2D eigenvalue weighted by atomic mass is 16.6. The van der Waals surface area contributed by atoms with Crippen LogP contribution in [0.25, 0.3) is 0 Å². The molecule has 1 aromatic heterocycles. The summed E-state index contributed by atoms with van der Waals surface area (Å²) in [6.07, 6.45) is 1.52. The van der Waals surface area contributed by atoms with Crippen molar-refractivity contribution in [2.45, 2.75) is 0 Å². The predicted octanol–water partition coefficient (Wildman–Crippen LogP) is 6.41. The SMILES string of the molecule is O=[N+]([O-])c1ccc(Oc2ccc(/C=N\Nc3nc(Nc4ccccc4)nc(Nc4ccccc4)n3)cc2)c([N+](=O)[O-])c1. The highest BCUT2D eigenvalue weighted by Crippen LogP contribution is 2.34. The zero-order valence-corrected chi connectivity index (χ0v) is 21.6. The fourth-order valence-corrected chi connectivity index (χ4v) is 3.60. The predicted molar refractivity (Wildman–Crippen MR) is 157 cm³/mol. The van der Waals surface area contributed by atoms with Crippen LogP contribution in [0.5, 0.6) is 11.5 Å². The van der Waals surface area contributed by atoms with Gasteiger partial charge in [-0.1, -0.05) is 36.4 Å². The molecule has 0 spiro atoms. The summed E-state index contributed by atoms with van der Waals surface area (Å²) < 4.78 is 5.59. The summed E-state index contributed by atoms with van der Waals surface area (Å²) in [6.45, 7) is 0. The number of para-hydroxylation sites is 2. The van der Waals surface area contributed by atoms with E-state index >= 15 is 0 Å². The third-order valence-corrected chi connectivity index (χ3v) is 5.53. The number of benzene rings is 4. The van der Waals surface area contributed by atoms with Crippen LogP contribution in [0, 0.1) is 20.2 Å². The number of nitrogens with zero attached hydrogens (tertiary/aromatic N) is 6. The van der Waals surface area contributed by atoms with E-state index in [2.05, 4.69) is 36.1 Å². The van der Waals surface area contributed by atoms with Crippen LogP contribution in [0.15, 0.2) is 108 Å². The zero-order valence-electron chi connectivity index (χ0n) is 21.6. The van der Waals surface area contributed by atoms with E-state index in [1.54, 1.807) is 24.3 Å². The second-order valence-corrected chi connectivity index (χ2v) is 8.50. The number of nitro benzene ring substituents is 2. The third kappa shape index (κ3) is 7.15. The van der Waals surface area contributed by atoms with Crippen LogP contribution in [-0.4, -0.2) is 31.0 Å². The van der Waals surface area contributed by atoms with E-state index in [4.69, 9.17) is 4.74 Å². The van der Waals surface area contributed by atoms with Gasteiger partial charge in [0.25, 0.3) is 5.69 Å². The standard InChI is InChI=1S/C28H21N9O5/c38-36(39)22-13-16-25(24(17-22)37(40)41)42-23-14-11-19(12-15-23)18-29-35-28-33-26(30-20-7-3-1-4-8-20)32-27(34-28)31-21-9-5-2-6-10-21/h1-18H,(H3,30,31,32,33,34,35)/b29-18-. The molecule has 0 atom stereocenters. The minimum atomic E-state index is -0.738. The summed E-state index contributed by atoms with van der Waals surface area (Å²) in [5.74, 6) is 0.957. The van der Waals surface area contributed by atoms with Crippen LogP contribution < -0.4 is 20.8 Å². The Morgan fingerprint density at radius 3 is 1.81 bits per heavy atom. The van der Waals surface area contributed by atoms with E-state index in [-0.39, 0.29) is 11.7 Å². The number of aromatic nitrogens is 3. The van der Waals surface area contributed by atoms with Gasteiger partial charge in [-0.25, -0.2) is 5.43 Å². The summed E-state index contributed by atoms with van der Waals surface area (Å²) in [4.78, 5) is 34.1. The first-order chi connectivity index (χ1) is 20.4. The van der Waals surface area contributed by atoms with Gasteiger partial charge in [0, 0.05) is 17.4 Å². The lowest BCUT2D eigenvalue weighted by Crippen LogP contribution is -2.07. The van der Waals surface area contributed by atoms with Crippen LogP contribution in [0.1, 0.15) is 5.56 Å². The average molecular weight is 564 g/mol. The first-order valence-electron chi connectivity index (χ1n) is 12.3. The van der Waals surface area contributed by atoms with Crippen molar-refractivity contribution in [2.24, 2.45) is 5.10 Å². The fourth-order valence-electron chi connectivity index (χ4n) is 3.60. The molecule has 0 aliphatic carbocycles. The molecule has 1 heterocycles. The summed E-state index contributed by atoms with van der Waals surface area (Å²) in [5, 5.41) is 32.8. The van der Waals surface area contributed by atoms with Gasteiger partial charge in [-0.2, -0.15) is 20.1 Å². The van der Waals surface area contributed by atoms with Gasteiger partial charge in [-0.15, -0.1) is 0 Å². The number of anilines is 5. The van der Waals surface area contributed by atoms with Crippen LogP contribution in [-0.2, 0) is 0 Å². The van der Waals surface area contributed by atoms with E-state index in [0.29, 0.717) is 23.2 Å². The van der Waals surface area contributed by atoms with Gasteiger partial charge in [-0.05, 0) is 60.2 Å². The van der Waals surface area contributed by atoms with Crippen molar-refractivity contribution in [3.63, 3.8) is 0 Å². The summed E-state index contributed by atoms with van der Waals surface area (Å²) in [7, 11) is 0. The highest BCUT2D eigenvalue weighted by molar-refractivity contribution is 5.80. The molecule has 4 aromatic carbocycles. The van der Waals surface area contributed by atoms with E-state index in [1.165, 1.54) is 12.3 Å². The quantitative estimate of drug-likeness (QED) is 0.0916. The summed E-state index contributed by atoms with van der Waals surface area (Å²) in [6, 6.07) is 28.6. The Morgan fingerprint density at radius 1 is 0.690 bits per heavy atom. The van der Waals surface area contributed by atoms with Crippen LogP contribution in [0.3, 0.4) is 0 Å². The fraction of sp³-hybridized carbons (Fsp3) is 0. The second kappa shape index (κ2) is 12.6. The lowest BCUT2D eigenvalue weighted by molar-refractivity contribution is -0.394. The molecule has 3 N–H and O–H groups in total. The molecule has 0 amide bonds. The van der Waals surface area contributed by atoms with Gasteiger partial charge in [0.2, 0.25) is 23.6 Å². The Balaban J connectivity index is 1.29. The largest absolute Gasteiger partial charge is 0.450 e. The van der Waals surface area contributed by atoms with E-state index < -0.39 is 21.2 Å². The van der Waals surface area contributed by atoms with Crippen molar-refractivity contribution in [3.8, 4) is 11.5 Å². The number of ether oxygens (including phenoxy) is 1. The Bertz CT molecular complexity index is 1680. The Kier molecular flexibility index (Phi) is 8.15. The van der Waals surface area contributed by atoms with Crippen molar-refractivity contribution >= 4 is 46.8 Å². The van der Waals surface area contributed by atoms with Gasteiger partial charge in [-0.3, -0.25) is 20.2 Å².